The van der Waals surface area contributed by atoms with Crippen LogP contribution in [0.4, 0.5) is 5.82 Å². The van der Waals surface area contributed by atoms with Crippen molar-refractivity contribution in [1.29, 1.82) is 0 Å². The summed E-state index contributed by atoms with van der Waals surface area (Å²) in [4.78, 5) is 11.5. The molecule has 1 aromatic rings. The van der Waals surface area contributed by atoms with Crippen molar-refractivity contribution in [2.45, 2.75) is 24.8 Å². The third-order valence-corrected chi connectivity index (χ3v) is 2.38. The minimum Gasteiger partial charge on any atom is -0.363 e. The van der Waals surface area contributed by atoms with Crippen LogP contribution in [0, 0.1) is 0 Å². The van der Waals surface area contributed by atoms with Crippen LogP contribution in [0.25, 0.3) is 0 Å². The van der Waals surface area contributed by atoms with Gasteiger partial charge in [-0.15, -0.1) is 0 Å². The molecule has 0 saturated heterocycles. The second kappa shape index (κ2) is 2.85. The summed E-state index contributed by atoms with van der Waals surface area (Å²) in [6, 6.07) is 1.58. The smallest absolute Gasteiger partial charge is 0.245 e. The number of hydrogen-bond acceptors (Lipinski definition) is 4. The van der Waals surface area contributed by atoms with Crippen LogP contribution in [-0.2, 0) is 4.79 Å². The van der Waals surface area contributed by atoms with Crippen molar-refractivity contribution in [2.24, 2.45) is 5.73 Å². The van der Waals surface area contributed by atoms with E-state index in [1.165, 1.54) is 6.26 Å². The lowest BCUT2D eigenvalue weighted by Crippen LogP contribution is -2.56. The molecule has 1 heterocycles. The zero-order chi connectivity index (χ0) is 9.31. The Kier molecular flexibility index (Phi) is 1.81. The highest BCUT2D eigenvalue weighted by Gasteiger charge is 2.40. The van der Waals surface area contributed by atoms with Crippen molar-refractivity contribution in [2.75, 3.05) is 5.32 Å². The van der Waals surface area contributed by atoms with E-state index >= 15 is 0 Å². The summed E-state index contributed by atoms with van der Waals surface area (Å²) in [7, 11) is 0. The number of anilines is 1. The SMILES string of the molecule is NC1(C(=O)Nc2ccon2)CCC1. The first-order valence-corrected chi connectivity index (χ1v) is 4.21. The van der Waals surface area contributed by atoms with E-state index in [4.69, 9.17) is 5.73 Å². The number of nitrogens with one attached hydrogen (secondary N) is 1. The second-order valence-corrected chi connectivity index (χ2v) is 3.35. The van der Waals surface area contributed by atoms with Crippen LogP contribution in [0.1, 0.15) is 19.3 Å². The van der Waals surface area contributed by atoms with Gasteiger partial charge in [0.1, 0.15) is 6.26 Å². The third-order valence-electron chi connectivity index (χ3n) is 2.38. The van der Waals surface area contributed by atoms with Gasteiger partial charge in [-0.2, -0.15) is 0 Å². The largest absolute Gasteiger partial charge is 0.363 e. The zero-order valence-electron chi connectivity index (χ0n) is 7.12. The van der Waals surface area contributed by atoms with Gasteiger partial charge in [0.15, 0.2) is 5.82 Å². The molecule has 0 spiro atoms. The van der Waals surface area contributed by atoms with Crippen LogP contribution < -0.4 is 11.1 Å². The molecule has 5 heteroatoms. The van der Waals surface area contributed by atoms with Crippen LogP contribution in [0.15, 0.2) is 16.9 Å². The topological polar surface area (TPSA) is 81.2 Å². The molecule has 1 aliphatic carbocycles. The fraction of sp³-hybridized carbons (Fsp3) is 0.500. The zero-order valence-corrected chi connectivity index (χ0v) is 7.12. The number of nitrogens with zero attached hydrogens (tertiary/aromatic N) is 1. The average molecular weight is 181 g/mol. The molecule has 1 aliphatic rings. The molecule has 70 valence electrons. The molecule has 1 fully saturated rings. The molecule has 1 saturated carbocycles. The van der Waals surface area contributed by atoms with Gasteiger partial charge < -0.3 is 15.6 Å². The summed E-state index contributed by atoms with van der Waals surface area (Å²) < 4.78 is 4.57. The maximum atomic E-state index is 11.5. The molecule has 1 amide bonds. The van der Waals surface area contributed by atoms with Crippen LogP contribution >= 0.6 is 0 Å². The Morgan fingerprint density at radius 3 is 2.92 bits per heavy atom. The van der Waals surface area contributed by atoms with Crippen molar-refractivity contribution in [3.63, 3.8) is 0 Å². The van der Waals surface area contributed by atoms with Gasteiger partial charge >= 0.3 is 0 Å². The first-order chi connectivity index (χ1) is 6.21. The summed E-state index contributed by atoms with van der Waals surface area (Å²) in [6.07, 6.45) is 3.91. The van der Waals surface area contributed by atoms with Crippen LogP contribution in [-0.4, -0.2) is 16.6 Å². The number of carbonyl (C=O) groups excluding carboxylic acids is 1. The molecule has 0 aromatic carbocycles. The fourth-order valence-electron chi connectivity index (χ4n) is 1.30. The molecule has 2 rings (SSSR count). The van der Waals surface area contributed by atoms with Crippen molar-refractivity contribution in [3.05, 3.63) is 12.3 Å². The lowest BCUT2D eigenvalue weighted by molar-refractivity contribution is -0.123. The Balaban J connectivity index is 1.99. The molecule has 0 aliphatic heterocycles. The van der Waals surface area contributed by atoms with E-state index in [-0.39, 0.29) is 5.91 Å². The normalized spacial score (nSPS) is 19.2. The van der Waals surface area contributed by atoms with Crippen molar-refractivity contribution in [3.8, 4) is 0 Å². The van der Waals surface area contributed by atoms with Gasteiger partial charge in [0.05, 0.1) is 5.54 Å². The monoisotopic (exact) mass is 181 g/mol. The van der Waals surface area contributed by atoms with E-state index in [0.717, 1.165) is 19.3 Å². The lowest BCUT2D eigenvalue weighted by atomic mass is 9.77. The minimum absolute atomic E-state index is 0.173. The van der Waals surface area contributed by atoms with E-state index in [1.54, 1.807) is 6.07 Å². The molecule has 1 aromatic heterocycles. The fourth-order valence-corrected chi connectivity index (χ4v) is 1.30. The van der Waals surface area contributed by atoms with Gasteiger partial charge in [0.2, 0.25) is 5.91 Å². The number of aromatic nitrogens is 1. The molecule has 0 radical (unpaired) electrons. The van der Waals surface area contributed by atoms with E-state index in [1.807, 2.05) is 0 Å². The van der Waals surface area contributed by atoms with E-state index in [0.29, 0.717) is 5.82 Å². The predicted molar refractivity (Wildman–Crippen MR) is 45.9 cm³/mol. The molecular weight excluding hydrogens is 170 g/mol. The summed E-state index contributed by atoms with van der Waals surface area (Å²) in [5.41, 5.74) is 5.11. The molecular formula is C8H11N3O2. The van der Waals surface area contributed by atoms with Gasteiger partial charge in [0.25, 0.3) is 0 Å². The molecule has 5 nitrogen and oxygen atoms in total. The van der Waals surface area contributed by atoms with Gasteiger partial charge in [-0.05, 0) is 19.3 Å². The van der Waals surface area contributed by atoms with E-state index in [9.17, 15) is 4.79 Å². The van der Waals surface area contributed by atoms with Gasteiger partial charge in [-0.25, -0.2) is 0 Å². The van der Waals surface area contributed by atoms with Gasteiger partial charge in [0, 0.05) is 6.07 Å². The van der Waals surface area contributed by atoms with Crippen molar-refractivity contribution < 1.29 is 9.32 Å². The summed E-state index contributed by atoms with van der Waals surface area (Å²) in [6.45, 7) is 0. The Morgan fingerprint density at radius 1 is 1.69 bits per heavy atom. The Bertz CT molecular complexity index is 303. The van der Waals surface area contributed by atoms with Gasteiger partial charge in [-0.1, -0.05) is 5.16 Å². The highest BCUT2D eigenvalue weighted by Crippen LogP contribution is 2.29. The standard InChI is InChI=1S/C8H11N3O2/c9-8(3-1-4-8)7(12)10-6-2-5-13-11-6/h2,5H,1,3-4,9H2,(H,10,11,12). The number of amides is 1. The van der Waals surface area contributed by atoms with E-state index < -0.39 is 5.54 Å². The van der Waals surface area contributed by atoms with E-state index in [2.05, 4.69) is 15.0 Å². The number of hydrogen-bond donors (Lipinski definition) is 2. The summed E-state index contributed by atoms with van der Waals surface area (Å²) in [5, 5.41) is 6.16. The van der Waals surface area contributed by atoms with Crippen molar-refractivity contribution in [1.82, 2.24) is 5.16 Å². The first kappa shape index (κ1) is 8.25. The molecule has 0 atom stereocenters. The predicted octanol–water partition coefficient (Wildman–Crippen LogP) is 0.494. The minimum atomic E-state index is -0.682. The maximum absolute atomic E-state index is 11.5. The number of carbonyl (C=O) groups is 1. The molecule has 0 unspecified atom stereocenters. The molecule has 0 bridgehead atoms. The second-order valence-electron chi connectivity index (χ2n) is 3.35. The molecule has 13 heavy (non-hydrogen) atoms. The van der Waals surface area contributed by atoms with Crippen LogP contribution in [0.5, 0.6) is 0 Å². The highest BCUT2D eigenvalue weighted by molar-refractivity contribution is 5.97. The lowest BCUT2D eigenvalue weighted by Gasteiger charge is -2.35. The Morgan fingerprint density at radius 2 is 2.46 bits per heavy atom. The number of nitrogens with two attached hydrogens (primary N) is 1. The van der Waals surface area contributed by atoms with Crippen LogP contribution in [0.3, 0.4) is 0 Å². The van der Waals surface area contributed by atoms with Crippen LogP contribution in [0.2, 0.25) is 0 Å². The Hall–Kier alpha value is -1.36. The number of rotatable bonds is 2. The maximum Gasteiger partial charge on any atom is 0.245 e. The van der Waals surface area contributed by atoms with Gasteiger partial charge in [-0.3, -0.25) is 4.79 Å². The molecule has 3 N–H and O–H groups in total. The highest BCUT2D eigenvalue weighted by atomic mass is 16.5. The quantitative estimate of drug-likeness (QED) is 0.695. The summed E-state index contributed by atoms with van der Waals surface area (Å²) in [5.74, 6) is 0.245. The average Bonchev–Trinajstić information content (AvgIpc) is 2.52. The summed E-state index contributed by atoms with van der Waals surface area (Å²) >= 11 is 0. The third kappa shape index (κ3) is 1.42. The van der Waals surface area contributed by atoms with Crippen molar-refractivity contribution >= 4 is 11.7 Å². The Labute approximate surface area is 75.3 Å². The first-order valence-electron chi connectivity index (χ1n) is 4.21.